The molecule has 0 aliphatic carbocycles. The van der Waals surface area contributed by atoms with Crippen molar-refractivity contribution in [2.24, 2.45) is 0 Å². The maximum Gasteiger partial charge on any atom is 0.229 e. The summed E-state index contributed by atoms with van der Waals surface area (Å²) in [5.74, 6) is -0.00800. The summed E-state index contributed by atoms with van der Waals surface area (Å²) >= 11 is 0. The van der Waals surface area contributed by atoms with Crippen molar-refractivity contribution in [3.05, 3.63) is 29.3 Å². The van der Waals surface area contributed by atoms with Crippen LogP contribution in [0.2, 0.25) is 0 Å². The quantitative estimate of drug-likeness (QED) is 0.760. The summed E-state index contributed by atoms with van der Waals surface area (Å²) in [5.41, 5.74) is 3.20. The van der Waals surface area contributed by atoms with Gasteiger partial charge in [0.1, 0.15) is 0 Å². The highest BCUT2D eigenvalue weighted by Gasteiger charge is 2.29. The Balaban J connectivity index is 1.92. The van der Waals surface area contributed by atoms with Crippen molar-refractivity contribution in [1.29, 1.82) is 0 Å². The van der Waals surface area contributed by atoms with Crippen LogP contribution in [-0.4, -0.2) is 23.7 Å². The lowest BCUT2D eigenvalue weighted by Gasteiger charge is -2.16. The Morgan fingerprint density at radius 3 is 2.88 bits per heavy atom. The minimum Gasteiger partial charge on any atom is -0.391 e. The van der Waals surface area contributed by atoms with Gasteiger partial charge in [-0.2, -0.15) is 0 Å². The van der Waals surface area contributed by atoms with Gasteiger partial charge in [0.2, 0.25) is 5.91 Å². The summed E-state index contributed by atoms with van der Waals surface area (Å²) < 4.78 is 5.33. The molecule has 0 aromatic heterocycles. The fourth-order valence-corrected chi connectivity index (χ4v) is 2.26. The van der Waals surface area contributed by atoms with Crippen LogP contribution in [0.15, 0.2) is 18.2 Å². The summed E-state index contributed by atoms with van der Waals surface area (Å²) in [6.07, 6.45) is -0.301. The van der Waals surface area contributed by atoms with Crippen molar-refractivity contribution in [3.63, 3.8) is 0 Å². The zero-order chi connectivity index (χ0) is 11.1. The van der Waals surface area contributed by atoms with Crippen LogP contribution < -0.4 is 4.90 Å². The summed E-state index contributed by atoms with van der Waals surface area (Å²) in [6.45, 7) is 1.68. The standard InChI is InChI=1S/C12H13NO3/c14-11-4-12(15)13(5-11)10-2-1-8-6-16-7-9(8)3-10/h1-3,11,14H,4-7H2. The van der Waals surface area contributed by atoms with Gasteiger partial charge in [0, 0.05) is 5.69 Å². The highest BCUT2D eigenvalue weighted by atomic mass is 16.5. The second-order valence-electron chi connectivity index (χ2n) is 4.31. The van der Waals surface area contributed by atoms with Crippen LogP contribution in [0.25, 0.3) is 0 Å². The fourth-order valence-electron chi connectivity index (χ4n) is 2.26. The third-order valence-electron chi connectivity index (χ3n) is 3.12. The third-order valence-corrected chi connectivity index (χ3v) is 3.12. The minimum absolute atomic E-state index is 0.00800. The lowest BCUT2D eigenvalue weighted by Crippen LogP contribution is -2.25. The molecule has 1 fully saturated rings. The Hall–Kier alpha value is -1.39. The number of amides is 1. The van der Waals surface area contributed by atoms with Crippen LogP contribution >= 0.6 is 0 Å². The minimum atomic E-state index is -0.531. The van der Waals surface area contributed by atoms with Crippen LogP contribution in [0.3, 0.4) is 0 Å². The van der Waals surface area contributed by atoms with E-state index in [1.807, 2.05) is 18.2 Å². The van der Waals surface area contributed by atoms with E-state index >= 15 is 0 Å². The molecule has 0 radical (unpaired) electrons. The Kier molecular flexibility index (Phi) is 2.19. The Morgan fingerprint density at radius 1 is 1.31 bits per heavy atom. The van der Waals surface area contributed by atoms with Gasteiger partial charge in [-0.1, -0.05) is 6.07 Å². The van der Waals surface area contributed by atoms with Crippen molar-refractivity contribution >= 4 is 11.6 Å². The van der Waals surface area contributed by atoms with Gasteiger partial charge in [-0.05, 0) is 23.3 Å². The van der Waals surface area contributed by atoms with Gasteiger partial charge in [-0.25, -0.2) is 0 Å². The summed E-state index contributed by atoms with van der Waals surface area (Å²) in [5, 5.41) is 9.44. The topological polar surface area (TPSA) is 49.8 Å². The Morgan fingerprint density at radius 2 is 2.12 bits per heavy atom. The third kappa shape index (κ3) is 1.50. The van der Waals surface area contributed by atoms with Crippen molar-refractivity contribution in [3.8, 4) is 0 Å². The first kappa shape index (κ1) is 9.81. The zero-order valence-electron chi connectivity index (χ0n) is 8.85. The van der Waals surface area contributed by atoms with Crippen LogP contribution in [0.4, 0.5) is 5.69 Å². The van der Waals surface area contributed by atoms with Crippen molar-refractivity contribution in [1.82, 2.24) is 0 Å². The number of nitrogens with zero attached hydrogens (tertiary/aromatic N) is 1. The van der Waals surface area contributed by atoms with Gasteiger partial charge in [0.25, 0.3) is 0 Å². The highest BCUT2D eigenvalue weighted by molar-refractivity contribution is 5.96. The first-order chi connectivity index (χ1) is 7.74. The molecule has 2 aliphatic rings. The molecule has 0 bridgehead atoms. The predicted octanol–water partition coefficient (Wildman–Crippen LogP) is 0.814. The second-order valence-corrected chi connectivity index (χ2v) is 4.31. The first-order valence-corrected chi connectivity index (χ1v) is 5.42. The van der Waals surface area contributed by atoms with E-state index in [0.29, 0.717) is 19.8 Å². The van der Waals surface area contributed by atoms with E-state index in [1.54, 1.807) is 4.90 Å². The van der Waals surface area contributed by atoms with Gasteiger partial charge in [-0.15, -0.1) is 0 Å². The van der Waals surface area contributed by atoms with Crippen LogP contribution in [0.5, 0.6) is 0 Å². The molecular formula is C12H13NO3. The van der Waals surface area contributed by atoms with Gasteiger partial charge in [0.15, 0.2) is 0 Å². The monoisotopic (exact) mass is 219 g/mol. The van der Waals surface area contributed by atoms with Crippen LogP contribution in [-0.2, 0) is 22.7 Å². The highest BCUT2D eigenvalue weighted by Crippen LogP contribution is 2.27. The lowest BCUT2D eigenvalue weighted by molar-refractivity contribution is -0.117. The smallest absolute Gasteiger partial charge is 0.229 e. The summed E-state index contributed by atoms with van der Waals surface area (Å²) in [4.78, 5) is 13.3. The van der Waals surface area contributed by atoms with E-state index < -0.39 is 6.10 Å². The maximum atomic E-state index is 11.6. The zero-order valence-corrected chi connectivity index (χ0v) is 8.85. The molecule has 0 saturated carbocycles. The van der Waals surface area contributed by atoms with Gasteiger partial charge < -0.3 is 14.7 Å². The Labute approximate surface area is 93.4 Å². The van der Waals surface area contributed by atoms with Crippen molar-refractivity contribution < 1.29 is 14.6 Å². The maximum absolute atomic E-state index is 11.6. The molecule has 4 nitrogen and oxygen atoms in total. The average Bonchev–Trinajstić information content (AvgIpc) is 2.83. The van der Waals surface area contributed by atoms with Crippen LogP contribution in [0.1, 0.15) is 17.5 Å². The number of rotatable bonds is 1. The molecule has 1 atom stereocenters. The number of aliphatic hydroxyl groups is 1. The summed E-state index contributed by atoms with van der Waals surface area (Å²) in [7, 11) is 0. The van der Waals surface area contributed by atoms with Crippen molar-refractivity contribution in [2.45, 2.75) is 25.7 Å². The number of benzene rings is 1. The number of carbonyl (C=O) groups excluding carboxylic acids is 1. The normalized spacial score (nSPS) is 23.9. The van der Waals surface area contributed by atoms with Gasteiger partial charge >= 0.3 is 0 Å². The molecule has 16 heavy (non-hydrogen) atoms. The molecule has 1 aromatic carbocycles. The molecule has 2 aliphatic heterocycles. The molecule has 1 aromatic rings. The molecule has 2 heterocycles. The lowest BCUT2D eigenvalue weighted by atomic mass is 10.1. The SMILES string of the molecule is O=C1CC(O)CN1c1ccc2c(c1)COC2. The largest absolute Gasteiger partial charge is 0.391 e. The molecule has 84 valence electrons. The van der Waals surface area contributed by atoms with Crippen LogP contribution in [0, 0.1) is 0 Å². The number of anilines is 1. The Bertz CT molecular complexity index is 444. The van der Waals surface area contributed by atoms with E-state index in [2.05, 4.69) is 0 Å². The van der Waals surface area contributed by atoms with E-state index in [4.69, 9.17) is 4.74 Å². The molecule has 1 amide bonds. The van der Waals surface area contributed by atoms with Crippen molar-refractivity contribution in [2.75, 3.05) is 11.4 Å². The number of β-amino-alcohol motifs (C(OH)–C–C–N with tert-alkyl or cyclic N) is 1. The number of aliphatic hydroxyl groups excluding tert-OH is 1. The number of hydrogen-bond donors (Lipinski definition) is 1. The summed E-state index contributed by atoms with van der Waals surface area (Å²) in [6, 6.07) is 5.90. The second kappa shape index (κ2) is 3.57. The van der Waals surface area contributed by atoms with Gasteiger partial charge in [-0.3, -0.25) is 4.79 Å². The van der Waals surface area contributed by atoms with E-state index in [9.17, 15) is 9.90 Å². The number of fused-ring (bicyclic) bond motifs is 1. The molecule has 0 spiro atoms. The molecule has 4 heteroatoms. The molecule has 1 unspecified atom stereocenters. The number of ether oxygens (including phenoxy) is 1. The van der Waals surface area contributed by atoms with E-state index in [0.717, 1.165) is 11.3 Å². The average molecular weight is 219 g/mol. The molecular weight excluding hydrogens is 206 g/mol. The molecule has 1 saturated heterocycles. The van der Waals surface area contributed by atoms with E-state index in [1.165, 1.54) is 5.56 Å². The molecule has 3 rings (SSSR count). The van der Waals surface area contributed by atoms with Gasteiger partial charge in [0.05, 0.1) is 32.3 Å². The fraction of sp³-hybridized carbons (Fsp3) is 0.417. The number of carbonyl (C=O) groups is 1. The predicted molar refractivity (Wildman–Crippen MR) is 57.9 cm³/mol. The molecule has 1 N–H and O–H groups in total. The number of hydrogen-bond acceptors (Lipinski definition) is 3. The first-order valence-electron chi connectivity index (χ1n) is 5.42. The van der Waals surface area contributed by atoms with E-state index in [-0.39, 0.29) is 12.3 Å².